The van der Waals surface area contributed by atoms with Gasteiger partial charge in [-0.05, 0) is 30.0 Å². The van der Waals surface area contributed by atoms with E-state index in [-0.39, 0.29) is 17.1 Å². The van der Waals surface area contributed by atoms with Gasteiger partial charge in [0, 0.05) is 22.0 Å². The van der Waals surface area contributed by atoms with Crippen LogP contribution in [0.5, 0.6) is 0 Å². The highest BCUT2D eigenvalue weighted by Gasteiger charge is 2.22. The first-order valence-electron chi connectivity index (χ1n) is 6.05. The summed E-state index contributed by atoms with van der Waals surface area (Å²) in [7, 11) is -4.02. The van der Waals surface area contributed by atoms with Gasteiger partial charge in [-0.2, -0.15) is 0 Å². The Kier molecular flexibility index (Phi) is 5.34. The molecule has 0 unspecified atom stereocenters. The lowest BCUT2D eigenvalue weighted by Gasteiger charge is -2.10. The average molecular weight is 350 g/mol. The van der Waals surface area contributed by atoms with Crippen LogP contribution < -0.4 is 4.72 Å². The number of hydrogen-bond donors (Lipinski definition) is 2. The highest BCUT2D eigenvalue weighted by atomic mass is 35.5. The lowest BCUT2D eigenvalue weighted by atomic mass is 10.2. The van der Waals surface area contributed by atoms with Crippen molar-refractivity contribution >= 4 is 33.0 Å². The second-order valence-electron chi connectivity index (χ2n) is 4.26. The summed E-state index contributed by atoms with van der Waals surface area (Å²) in [6.45, 7) is -0.465. The fourth-order valence-corrected chi connectivity index (χ4v) is 3.96. The molecule has 1 aromatic heterocycles. The SMILES string of the molecule is O=S(=O)(NCCc1cccs1)c1cc(Cl)cc(CO)c1F. The summed E-state index contributed by atoms with van der Waals surface area (Å²) in [5.41, 5.74) is -0.152. The van der Waals surface area contributed by atoms with Crippen molar-refractivity contribution in [1.82, 2.24) is 4.72 Å². The van der Waals surface area contributed by atoms with Gasteiger partial charge in [-0.25, -0.2) is 17.5 Å². The third-order valence-electron chi connectivity index (χ3n) is 2.78. The highest BCUT2D eigenvalue weighted by molar-refractivity contribution is 7.89. The zero-order chi connectivity index (χ0) is 15.5. The van der Waals surface area contributed by atoms with Crippen LogP contribution in [0.15, 0.2) is 34.5 Å². The number of aliphatic hydroxyl groups is 1. The van der Waals surface area contributed by atoms with Crippen molar-refractivity contribution < 1.29 is 17.9 Å². The fourth-order valence-electron chi connectivity index (χ4n) is 1.77. The number of halogens is 2. The number of sulfonamides is 1. The van der Waals surface area contributed by atoms with Gasteiger partial charge in [0.25, 0.3) is 0 Å². The molecule has 0 aliphatic rings. The summed E-state index contributed by atoms with van der Waals surface area (Å²) < 4.78 is 40.6. The van der Waals surface area contributed by atoms with Crippen molar-refractivity contribution in [2.75, 3.05) is 6.54 Å². The van der Waals surface area contributed by atoms with Gasteiger partial charge in [0.1, 0.15) is 10.7 Å². The molecule has 0 saturated heterocycles. The van der Waals surface area contributed by atoms with E-state index in [1.165, 1.54) is 17.4 Å². The Bertz CT molecular complexity index is 717. The molecule has 0 spiro atoms. The Hall–Kier alpha value is -0.990. The summed E-state index contributed by atoms with van der Waals surface area (Å²) in [5, 5.41) is 11.0. The van der Waals surface area contributed by atoms with Crippen molar-refractivity contribution in [2.45, 2.75) is 17.9 Å². The molecule has 0 bridgehead atoms. The molecule has 0 saturated carbocycles. The Morgan fingerprint density at radius 1 is 1.38 bits per heavy atom. The zero-order valence-electron chi connectivity index (χ0n) is 10.8. The molecule has 0 fully saturated rings. The number of rotatable bonds is 6. The Balaban J connectivity index is 2.17. The predicted molar refractivity (Wildman–Crippen MR) is 80.5 cm³/mol. The average Bonchev–Trinajstić information content (AvgIpc) is 2.93. The van der Waals surface area contributed by atoms with Crippen molar-refractivity contribution in [2.24, 2.45) is 0 Å². The van der Waals surface area contributed by atoms with Crippen molar-refractivity contribution in [3.8, 4) is 0 Å². The molecule has 0 aliphatic carbocycles. The summed E-state index contributed by atoms with van der Waals surface area (Å²) >= 11 is 7.27. The zero-order valence-corrected chi connectivity index (χ0v) is 13.2. The van der Waals surface area contributed by atoms with Crippen molar-refractivity contribution in [3.05, 3.63) is 50.9 Å². The van der Waals surface area contributed by atoms with E-state index in [0.29, 0.717) is 6.42 Å². The van der Waals surface area contributed by atoms with Gasteiger partial charge in [-0.15, -0.1) is 11.3 Å². The van der Waals surface area contributed by atoms with E-state index >= 15 is 0 Å². The third kappa shape index (κ3) is 4.02. The molecule has 2 N–H and O–H groups in total. The molecule has 2 rings (SSSR count). The van der Waals surface area contributed by atoms with E-state index in [4.69, 9.17) is 16.7 Å². The molecule has 21 heavy (non-hydrogen) atoms. The number of thiophene rings is 1. The van der Waals surface area contributed by atoms with Gasteiger partial charge >= 0.3 is 0 Å². The van der Waals surface area contributed by atoms with Crippen LogP contribution in [0.1, 0.15) is 10.4 Å². The van der Waals surface area contributed by atoms with Gasteiger partial charge < -0.3 is 5.11 Å². The number of hydrogen-bond acceptors (Lipinski definition) is 4. The van der Waals surface area contributed by atoms with Crippen LogP contribution in [0.25, 0.3) is 0 Å². The predicted octanol–water partition coefficient (Wildman–Crippen LogP) is 2.55. The summed E-state index contributed by atoms with van der Waals surface area (Å²) in [4.78, 5) is 0.477. The first-order chi connectivity index (χ1) is 9.94. The molecular formula is C13H13ClFNO3S2. The minimum atomic E-state index is -4.02. The Morgan fingerprint density at radius 3 is 2.76 bits per heavy atom. The molecule has 0 aliphatic heterocycles. The van der Waals surface area contributed by atoms with E-state index in [1.807, 2.05) is 17.5 Å². The van der Waals surface area contributed by atoms with E-state index < -0.39 is 27.3 Å². The fraction of sp³-hybridized carbons (Fsp3) is 0.231. The lowest BCUT2D eigenvalue weighted by molar-refractivity contribution is 0.274. The van der Waals surface area contributed by atoms with Gasteiger partial charge in [0.2, 0.25) is 10.0 Å². The van der Waals surface area contributed by atoms with Crippen LogP contribution >= 0.6 is 22.9 Å². The van der Waals surface area contributed by atoms with Gasteiger partial charge in [-0.3, -0.25) is 0 Å². The minimum absolute atomic E-state index is 0.0547. The standard InChI is InChI=1S/C13H13ClFNO3S2/c14-10-6-9(8-17)13(15)12(7-10)21(18,19)16-4-3-11-2-1-5-20-11/h1-2,5-7,16-17H,3-4,8H2. The Labute approximate surface area is 131 Å². The molecule has 0 radical (unpaired) electrons. The van der Waals surface area contributed by atoms with Crippen LogP contribution in [-0.2, 0) is 23.1 Å². The Morgan fingerprint density at radius 2 is 2.14 bits per heavy atom. The number of aliphatic hydroxyl groups excluding tert-OH is 1. The lowest BCUT2D eigenvalue weighted by Crippen LogP contribution is -2.27. The van der Waals surface area contributed by atoms with Gasteiger partial charge in [0.15, 0.2) is 0 Å². The maximum atomic E-state index is 14.0. The molecule has 2 aromatic rings. The second kappa shape index (κ2) is 6.85. The van der Waals surface area contributed by atoms with Gasteiger partial charge in [0.05, 0.1) is 6.61 Å². The maximum absolute atomic E-state index is 14.0. The number of nitrogens with one attached hydrogen (secondary N) is 1. The minimum Gasteiger partial charge on any atom is -0.392 e. The normalized spacial score (nSPS) is 11.8. The van der Waals surface area contributed by atoms with Crippen LogP contribution in [0.2, 0.25) is 5.02 Å². The quantitative estimate of drug-likeness (QED) is 0.842. The van der Waals surface area contributed by atoms with Gasteiger partial charge in [-0.1, -0.05) is 17.7 Å². The van der Waals surface area contributed by atoms with Crippen LogP contribution in [-0.4, -0.2) is 20.1 Å². The summed E-state index contributed by atoms with van der Waals surface area (Å²) in [6, 6.07) is 5.99. The summed E-state index contributed by atoms with van der Waals surface area (Å²) in [5.74, 6) is -0.981. The molecule has 1 aromatic carbocycles. The van der Waals surface area contributed by atoms with Crippen molar-refractivity contribution in [3.63, 3.8) is 0 Å². The smallest absolute Gasteiger partial charge is 0.243 e. The van der Waals surface area contributed by atoms with Crippen LogP contribution in [0, 0.1) is 5.82 Å². The van der Waals surface area contributed by atoms with Crippen molar-refractivity contribution in [1.29, 1.82) is 0 Å². The monoisotopic (exact) mass is 349 g/mol. The van der Waals surface area contributed by atoms with Crippen LogP contribution in [0.4, 0.5) is 4.39 Å². The highest BCUT2D eigenvalue weighted by Crippen LogP contribution is 2.23. The molecule has 114 valence electrons. The second-order valence-corrected chi connectivity index (χ2v) is 7.47. The molecule has 0 atom stereocenters. The largest absolute Gasteiger partial charge is 0.392 e. The van der Waals surface area contributed by atoms with E-state index in [9.17, 15) is 12.8 Å². The van der Waals surface area contributed by atoms with E-state index in [0.717, 1.165) is 10.9 Å². The first-order valence-corrected chi connectivity index (χ1v) is 8.79. The molecule has 8 heteroatoms. The molecular weight excluding hydrogens is 337 g/mol. The molecule has 1 heterocycles. The van der Waals surface area contributed by atoms with Crippen LogP contribution in [0.3, 0.4) is 0 Å². The topological polar surface area (TPSA) is 66.4 Å². The number of benzene rings is 1. The van der Waals surface area contributed by atoms with E-state index in [1.54, 1.807) is 0 Å². The first kappa shape index (κ1) is 16.4. The summed E-state index contributed by atoms with van der Waals surface area (Å²) in [6.07, 6.45) is 0.520. The third-order valence-corrected chi connectivity index (χ3v) is 5.40. The molecule has 4 nitrogen and oxygen atoms in total. The van der Waals surface area contributed by atoms with E-state index in [2.05, 4.69) is 4.72 Å². The molecule has 0 amide bonds. The maximum Gasteiger partial charge on any atom is 0.243 e.